The Morgan fingerprint density at radius 3 is 2.95 bits per heavy atom. The van der Waals surface area contributed by atoms with Crippen molar-refractivity contribution in [2.45, 2.75) is 13.5 Å². The second-order valence-corrected chi connectivity index (χ2v) is 4.22. The van der Waals surface area contributed by atoms with Gasteiger partial charge in [-0.15, -0.1) is 0 Å². The van der Waals surface area contributed by atoms with E-state index < -0.39 is 6.08 Å². The molecule has 2 aromatic heterocycles. The molecule has 6 heteroatoms. The maximum absolute atomic E-state index is 13.3. The number of hydrogen-bond acceptors (Lipinski definition) is 4. The summed E-state index contributed by atoms with van der Waals surface area (Å²) in [5.41, 5.74) is 3.22. The van der Waals surface area contributed by atoms with Gasteiger partial charge >= 0.3 is 6.08 Å². The fraction of sp³-hybridized carbons (Fsp3) is 0.154. The molecule has 3 aromatic rings. The first-order valence-corrected chi connectivity index (χ1v) is 5.89. The molecule has 0 aliphatic carbocycles. The van der Waals surface area contributed by atoms with Crippen LogP contribution in [-0.2, 0) is 6.54 Å². The summed E-state index contributed by atoms with van der Waals surface area (Å²) >= 11 is 0. The molecule has 96 valence electrons. The van der Waals surface area contributed by atoms with Crippen LogP contribution in [-0.4, -0.2) is 19.9 Å². The average Bonchev–Trinajstić information content (AvgIpc) is 2.85. The fourth-order valence-corrected chi connectivity index (χ4v) is 1.92. The molecule has 0 atom stereocenters. The van der Waals surface area contributed by atoms with Gasteiger partial charge in [0.2, 0.25) is 0 Å². The van der Waals surface area contributed by atoms with Gasteiger partial charge in [0.25, 0.3) is 0 Å². The fourth-order valence-electron chi connectivity index (χ4n) is 1.92. The third kappa shape index (κ3) is 2.24. The average molecular weight is 257 g/mol. The van der Waals surface area contributed by atoms with E-state index in [0.29, 0.717) is 23.5 Å². The van der Waals surface area contributed by atoms with Gasteiger partial charge in [0, 0.05) is 6.54 Å². The highest BCUT2D eigenvalue weighted by molar-refractivity contribution is 5.81. The van der Waals surface area contributed by atoms with E-state index >= 15 is 0 Å². The Labute approximate surface area is 108 Å². The Balaban J connectivity index is 1.90. The Kier molecular flexibility index (Phi) is 2.83. The van der Waals surface area contributed by atoms with E-state index in [-0.39, 0.29) is 0 Å². The standard InChI is InChI=1S/C13H12FN5/c1-8-4-2-3-5-9(8)6-15-11-10-12(17-7-16-10)19-13(14)18-11/h2-5,7H,6H2,1H3,(H2,15,16,17,18,19). The van der Waals surface area contributed by atoms with Crippen LogP contribution in [0.15, 0.2) is 30.6 Å². The van der Waals surface area contributed by atoms with Crippen molar-refractivity contribution in [3.63, 3.8) is 0 Å². The van der Waals surface area contributed by atoms with Crippen LogP contribution < -0.4 is 5.32 Å². The third-order valence-electron chi connectivity index (χ3n) is 2.96. The van der Waals surface area contributed by atoms with Gasteiger partial charge in [-0.05, 0) is 18.1 Å². The first-order chi connectivity index (χ1) is 9.24. The van der Waals surface area contributed by atoms with Gasteiger partial charge in [-0.2, -0.15) is 14.4 Å². The number of nitrogens with one attached hydrogen (secondary N) is 2. The lowest BCUT2D eigenvalue weighted by Gasteiger charge is -2.08. The number of nitrogens with zero attached hydrogens (tertiary/aromatic N) is 3. The monoisotopic (exact) mass is 257 g/mol. The van der Waals surface area contributed by atoms with E-state index in [4.69, 9.17) is 0 Å². The van der Waals surface area contributed by atoms with Crippen LogP contribution in [0.1, 0.15) is 11.1 Å². The van der Waals surface area contributed by atoms with Crippen molar-refractivity contribution in [3.05, 3.63) is 47.8 Å². The summed E-state index contributed by atoms with van der Waals surface area (Å²) in [4.78, 5) is 14.2. The second-order valence-electron chi connectivity index (χ2n) is 4.22. The van der Waals surface area contributed by atoms with Crippen LogP contribution in [0.4, 0.5) is 10.2 Å². The lowest BCUT2D eigenvalue weighted by atomic mass is 10.1. The van der Waals surface area contributed by atoms with Crippen molar-refractivity contribution in [3.8, 4) is 0 Å². The number of anilines is 1. The smallest absolute Gasteiger partial charge is 0.312 e. The summed E-state index contributed by atoms with van der Waals surface area (Å²) in [6.45, 7) is 2.59. The Bertz CT molecular complexity index is 722. The van der Waals surface area contributed by atoms with Gasteiger partial charge in [-0.1, -0.05) is 24.3 Å². The molecule has 1 aromatic carbocycles. The van der Waals surface area contributed by atoms with Gasteiger partial charge in [0.05, 0.1) is 6.33 Å². The lowest BCUT2D eigenvalue weighted by molar-refractivity contribution is 0.545. The molecule has 5 nitrogen and oxygen atoms in total. The number of H-pyrrole nitrogens is 1. The zero-order valence-corrected chi connectivity index (χ0v) is 10.3. The molecular formula is C13H12FN5. The molecule has 0 aliphatic rings. The number of rotatable bonds is 3. The number of hydrogen-bond donors (Lipinski definition) is 2. The molecule has 0 unspecified atom stereocenters. The molecule has 0 radical (unpaired) electrons. The summed E-state index contributed by atoms with van der Waals surface area (Å²) in [7, 11) is 0. The first kappa shape index (κ1) is 11.6. The van der Waals surface area contributed by atoms with Crippen molar-refractivity contribution in [2.75, 3.05) is 5.32 Å². The normalized spacial score (nSPS) is 10.8. The second kappa shape index (κ2) is 4.64. The predicted octanol–water partition coefficient (Wildman–Crippen LogP) is 2.41. The summed E-state index contributed by atoms with van der Waals surface area (Å²) in [6, 6.07) is 7.99. The molecule has 0 spiro atoms. The van der Waals surface area contributed by atoms with Crippen molar-refractivity contribution < 1.29 is 4.39 Å². The van der Waals surface area contributed by atoms with E-state index in [9.17, 15) is 4.39 Å². The van der Waals surface area contributed by atoms with Gasteiger partial charge in [-0.25, -0.2) is 4.98 Å². The Hall–Kier alpha value is -2.50. The number of benzene rings is 1. The molecule has 19 heavy (non-hydrogen) atoms. The topological polar surface area (TPSA) is 66.5 Å². The highest BCUT2D eigenvalue weighted by atomic mass is 19.1. The minimum absolute atomic E-state index is 0.389. The van der Waals surface area contributed by atoms with Crippen molar-refractivity contribution in [1.29, 1.82) is 0 Å². The van der Waals surface area contributed by atoms with Gasteiger partial charge < -0.3 is 10.3 Å². The molecule has 0 saturated heterocycles. The molecular weight excluding hydrogens is 245 g/mol. The quantitative estimate of drug-likeness (QED) is 0.707. The van der Waals surface area contributed by atoms with Crippen LogP contribution >= 0.6 is 0 Å². The number of imidazole rings is 1. The van der Waals surface area contributed by atoms with E-state index in [0.717, 1.165) is 5.56 Å². The number of fused-ring (bicyclic) bond motifs is 1. The van der Waals surface area contributed by atoms with Crippen molar-refractivity contribution in [2.24, 2.45) is 0 Å². The highest BCUT2D eigenvalue weighted by Gasteiger charge is 2.09. The zero-order chi connectivity index (χ0) is 13.2. The largest absolute Gasteiger partial charge is 0.364 e. The molecule has 2 heterocycles. The highest BCUT2D eigenvalue weighted by Crippen LogP contribution is 2.17. The SMILES string of the molecule is Cc1ccccc1CNc1nc(F)nc2[nH]cnc12. The molecule has 0 fully saturated rings. The summed E-state index contributed by atoms with van der Waals surface area (Å²) in [5.74, 6) is 0.395. The maximum atomic E-state index is 13.3. The summed E-state index contributed by atoms with van der Waals surface area (Å²) in [6.07, 6.45) is 0.696. The predicted molar refractivity (Wildman–Crippen MR) is 70.1 cm³/mol. The number of aromatic amines is 1. The molecule has 0 saturated carbocycles. The molecule has 3 rings (SSSR count). The summed E-state index contributed by atoms with van der Waals surface area (Å²) < 4.78 is 13.3. The van der Waals surface area contributed by atoms with Gasteiger partial charge in [0.1, 0.15) is 5.52 Å². The summed E-state index contributed by atoms with van der Waals surface area (Å²) in [5, 5.41) is 3.10. The maximum Gasteiger partial charge on any atom is 0.312 e. The van der Waals surface area contributed by atoms with Gasteiger partial charge in [-0.3, -0.25) is 0 Å². The number of aryl methyl sites for hydroxylation is 1. The van der Waals surface area contributed by atoms with E-state index in [1.54, 1.807) is 0 Å². The number of halogens is 1. The van der Waals surface area contributed by atoms with E-state index in [2.05, 4.69) is 25.3 Å². The first-order valence-electron chi connectivity index (χ1n) is 5.89. The molecule has 2 N–H and O–H groups in total. The Morgan fingerprint density at radius 1 is 1.26 bits per heavy atom. The van der Waals surface area contributed by atoms with E-state index in [1.165, 1.54) is 11.9 Å². The van der Waals surface area contributed by atoms with Crippen LogP contribution in [0.5, 0.6) is 0 Å². The van der Waals surface area contributed by atoms with Crippen LogP contribution in [0.2, 0.25) is 0 Å². The van der Waals surface area contributed by atoms with Crippen molar-refractivity contribution >= 4 is 17.0 Å². The van der Waals surface area contributed by atoms with E-state index in [1.807, 2.05) is 31.2 Å². The third-order valence-corrected chi connectivity index (χ3v) is 2.96. The van der Waals surface area contributed by atoms with Crippen molar-refractivity contribution in [1.82, 2.24) is 19.9 Å². The zero-order valence-electron chi connectivity index (χ0n) is 10.3. The minimum Gasteiger partial charge on any atom is -0.364 e. The van der Waals surface area contributed by atoms with Crippen LogP contribution in [0.25, 0.3) is 11.2 Å². The Morgan fingerprint density at radius 2 is 2.11 bits per heavy atom. The molecule has 0 aliphatic heterocycles. The van der Waals surface area contributed by atoms with Crippen LogP contribution in [0.3, 0.4) is 0 Å². The molecule has 0 amide bonds. The number of aromatic nitrogens is 4. The minimum atomic E-state index is -0.774. The lowest BCUT2D eigenvalue weighted by Crippen LogP contribution is -2.05. The van der Waals surface area contributed by atoms with Crippen LogP contribution in [0, 0.1) is 13.0 Å². The van der Waals surface area contributed by atoms with Gasteiger partial charge in [0.15, 0.2) is 11.5 Å². The molecule has 0 bridgehead atoms.